The van der Waals surface area contributed by atoms with E-state index in [1.54, 1.807) is 27.8 Å². The van der Waals surface area contributed by atoms with E-state index < -0.39 is 12.8 Å². The van der Waals surface area contributed by atoms with Gasteiger partial charge < -0.3 is 9.64 Å². The fourth-order valence-electron chi connectivity index (χ4n) is 4.33. The van der Waals surface area contributed by atoms with E-state index in [2.05, 4.69) is 14.7 Å². The van der Waals surface area contributed by atoms with Crippen molar-refractivity contribution in [2.24, 2.45) is 0 Å². The van der Waals surface area contributed by atoms with Crippen molar-refractivity contribution in [3.63, 3.8) is 0 Å². The number of nitrogens with zero attached hydrogens (tertiary/aromatic N) is 4. The van der Waals surface area contributed by atoms with Crippen LogP contribution in [0.5, 0.6) is 0 Å². The van der Waals surface area contributed by atoms with Crippen molar-refractivity contribution in [1.82, 2.24) is 19.6 Å². The van der Waals surface area contributed by atoms with E-state index in [1.807, 2.05) is 0 Å². The predicted molar refractivity (Wildman–Crippen MR) is 109 cm³/mol. The number of benzene rings is 1. The number of rotatable bonds is 7. The number of carbonyl (C=O) groups excluding carboxylic acids is 1. The van der Waals surface area contributed by atoms with Crippen LogP contribution in [-0.4, -0.2) is 77.6 Å². The number of hydrogen-bond donors (Lipinski definition) is 0. The first-order valence-electron chi connectivity index (χ1n) is 10.9. The molecule has 174 valence electrons. The van der Waals surface area contributed by atoms with Gasteiger partial charge in [0.15, 0.2) is 5.69 Å². The lowest BCUT2D eigenvalue weighted by Crippen LogP contribution is -2.49. The highest BCUT2D eigenvalue weighted by molar-refractivity contribution is 5.94. The molecule has 1 saturated heterocycles. The first-order valence-corrected chi connectivity index (χ1v) is 10.9. The molecular weight excluding hydrogens is 428 g/mol. The monoisotopic (exact) mass is 454 g/mol. The summed E-state index contributed by atoms with van der Waals surface area (Å²) in [5.74, 6) is -0.525. The van der Waals surface area contributed by atoms with Crippen LogP contribution in [0.4, 0.5) is 17.6 Å². The van der Waals surface area contributed by atoms with E-state index in [9.17, 15) is 22.4 Å². The van der Waals surface area contributed by atoms with Crippen LogP contribution in [0.15, 0.2) is 24.3 Å². The van der Waals surface area contributed by atoms with E-state index in [-0.39, 0.29) is 18.3 Å². The third kappa shape index (κ3) is 5.12. The van der Waals surface area contributed by atoms with Gasteiger partial charge >= 0.3 is 6.18 Å². The maximum atomic E-state index is 14.3. The van der Waals surface area contributed by atoms with E-state index in [0.717, 1.165) is 30.5 Å². The fourth-order valence-corrected chi connectivity index (χ4v) is 4.33. The lowest BCUT2D eigenvalue weighted by molar-refractivity contribution is -0.174. The van der Waals surface area contributed by atoms with Crippen molar-refractivity contribution in [2.45, 2.75) is 31.9 Å². The van der Waals surface area contributed by atoms with Gasteiger partial charge in [-0.1, -0.05) is 12.1 Å². The molecule has 6 nitrogen and oxygen atoms in total. The van der Waals surface area contributed by atoms with Crippen LogP contribution in [0.3, 0.4) is 0 Å². The van der Waals surface area contributed by atoms with Gasteiger partial charge in [0.2, 0.25) is 0 Å². The maximum Gasteiger partial charge on any atom is 0.411 e. The van der Waals surface area contributed by atoms with Crippen LogP contribution in [0.25, 0.3) is 5.69 Å². The summed E-state index contributed by atoms with van der Waals surface area (Å²) in [4.78, 5) is 17.1. The topological polar surface area (TPSA) is 50.6 Å². The molecule has 0 radical (unpaired) electrons. The minimum absolute atomic E-state index is 0.0538. The van der Waals surface area contributed by atoms with Crippen LogP contribution >= 0.6 is 0 Å². The Morgan fingerprint density at radius 3 is 2.56 bits per heavy atom. The first-order chi connectivity index (χ1) is 15.3. The summed E-state index contributed by atoms with van der Waals surface area (Å²) in [7, 11) is 0. The largest absolute Gasteiger partial charge is 0.411 e. The first kappa shape index (κ1) is 22.7. The highest BCUT2D eigenvalue weighted by Gasteiger charge is 2.31. The van der Waals surface area contributed by atoms with Crippen LogP contribution in [0.2, 0.25) is 0 Å². The number of alkyl halides is 3. The Hall–Kier alpha value is -2.46. The average molecular weight is 454 g/mol. The molecule has 1 aliphatic heterocycles. The molecule has 0 saturated carbocycles. The van der Waals surface area contributed by atoms with Gasteiger partial charge in [-0.3, -0.25) is 9.69 Å². The Bertz CT molecular complexity index is 952. The van der Waals surface area contributed by atoms with Crippen molar-refractivity contribution < 1.29 is 27.1 Å². The number of halogens is 4. The van der Waals surface area contributed by atoms with Gasteiger partial charge in [-0.15, -0.1) is 0 Å². The summed E-state index contributed by atoms with van der Waals surface area (Å²) in [5.41, 5.74) is 2.55. The van der Waals surface area contributed by atoms with Crippen LogP contribution in [0.1, 0.15) is 34.6 Å². The number of carbonyl (C=O) groups is 1. The average Bonchev–Trinajstić information content (AvgIpc) is 3.36. The lowest BCUT2D eigenvalue weighted by atomic mass is 10.1. The smallest absolute Gasteiger partial charge is 0.372 e. The van der Waals surface area contributed by atoms with Crippen molar-refractivity contribution in [3.8, 4) is 5.69 Å². The Morgan fingerprint density at radius 2 is 1.84 bits per heavy atom. The normalized spacial score (nSPS) is 17.1. The molecule has 10 heteroatoms. The molecule has 32 heavy (non-hydrogen) atoms. The third-order valence-electron chi connectivity index (χ3n) is 5.90. The molecule has 0 spiro atoms. The highest BCUT2D eigenvalue weighted by Crippen LogP contribution is 2.29. The number of fused-ring (bicyclic) bond motifs is 1. The summed E-state index contributed by atoms with van der Waals surface area (Å²) in [6.07, 6.45) is -1.38. The van der Waals surface area contributed by atoms with E-state index >= 15 is 0 Å². The Morgan fingerprint density at radius 1 is 1.09 bits per heavy atom. The SMILES string of the molecule is O=C(c1nn(-c2ccccc2F)c2c1CCC2)N1CCN(CCCOCC(F)(F)F)CC1. The van der Waals surface area contributed by atoms with Gasteiger partial charge in [0.1, 0.15) is 18.1 Å². The van der Waals surface area contributed by atoms with Crippen molar-refractivity contribution in [2.75, 3.05) is 45.9 Å². The maximum absolute atomic E-state index is 14.3. The van der Waals surface area contributed by atoms with Crippen molar-refractivity contribution in [1.29, 1.82) is 0 Å². The molecule has 0 N–H and O–H groups in total. The quantitative estimate of drug-likeness (QED) is 0.476. The van der Waals surface area contributed by atoms with Gasteiger partial charge in [0.05, 0.1) is 0 Å². The molecule has 0 unspecified atom stereocenters. The van der Waals surface area contributed by atoms with E-state index in [1.165, 1.54) is 6.07 Å². The molecule has 2 aromatic rings. The number of piperazine rings is 1. The summed E-state index contributed by atoms with van der Waals surface area (Å²) >= 11 is 0. The predicted octanol–water partition coefficient (Wildman–Crippen LogP) is 3.23. The fraction of sp³-hybridized carbons (Fsp3) is 0.545. The number of aromatic nitrogens is 2. The second-order valence-corrected chi connectivity index (χ2v) is 8.15. The lowest BCUT2D eigenvalue weighted by Gasteiger charge is -2.34. The highest BCUT2D eigenvalue weighted by atomic mass is 19.4. The van der Waals surface area contributed by atoms with Gasteiger partial charge in [0.25, 0.3) is 5.91 Å². The third-order valence-corrected chi connectivity index (χ3v) is 5.90. The Balaban J connectivity index is 1.34. The van der Waals surface area contributed by atoms with Crippen LogP contribution < -0.4 is 0 Å². The Labute approximate surface area is 183 Å². The van der Waals surface area contributed by atoms with Gasteiger partial charge in [-0.05, 0) is 37.8 Å². The zero-order chi connectivity index (χ0) is 22.7. The number of para-hydroxylation sites is 1. The van der Waals surface area contributed by atoms with Gasteiger partial charge in [0, 0.05) is 50.6 Å². The minimum atomic E-state index is -4.30. The Kier molecular flexibility index (Phi) is 6.80. The molecule has 2 heterocycles. The standard InChI is InChI=1S/C22H26F4N4O2/c23-17-6-1-2-7-19(17)30-18-8-3-5-16(18)20(27-30)21(31)29-12-10-28(11-13-29)9-4-14-32-15-22(24,25)26/h1-2,6-7H,3-5,8-15H2. The second-order valence-electron chi connectivity index (χ2n) is 8.15. The zero-order valence-corrected chi connectivity index (χ0v) is 17.7. The number of hydrogen-bond acceptors (Lipinski definition) is 4. The van der Waals surface area contributed by atoms with Crippen LogP contribution in [-0.2, 0) is 17.6 Å². The zero-order valence-electron chi connectivity index (χ0n) is 17.7. The van der Waals surface area contributed by atoms with Gasteiger partial charge in [-0.25, -0.2) is 9.07 Å². The molecule has 0 bridgehead atoms. The summed E-state index contributed by atoms with van der Waals surface area (Å²) in [6.45, 7) is 1.77. The second kappa shape index (κ2) is 9.58. The molecule has 0 atom stereocenters. The van der Waals surface area contributed by atoms with E-state index in [4.69, 9.17) is 0 Å². The molecule has 2 aliphatic rings. The number of ether oxygens (including phenoxy) is 1. The minimum Gasteiger partial charge on any atom is -0.372 e. The molecule has 1 aliphatic carbocycles. The number of amides is 1. The summed E-state index contributed by atoms with van der Waals surface area (Å²) < 4.78 is 56.8. The van der Waals surface area contributed by atoms with Crippen molar-refractivity contribution >= 4 is 5.91 Å². The molecule has 1 aromatic carbocycles. The van der Waals surface area contributed by atoms with Crippen LogP contribution in [0, 0.1) is 5.82 Å². The molecule has 1 aromatic heterocycles. The summed E-state index contributed by atoms with van der Waals surface area (Å²) in [5, 5.41) is 4.51. The van der Waals surface area contributed by atoms with E-state index in [0.29, 0.717) is 50.5 Å². The molecule has 1 fully saturated rings. The van der Waals surface area contributed by atoms with Crippen molar-refractivity contribution in [3.05, 3.63) is 47.0 Å². The molecule has 4 rings (SSSR count). The summed E-state index contributed by atoms with van der Waals surface area (Å²) in [6, 6.07) is 6.41. The molecule has 1 amide bonds. The van der Waals surface area contributed by atoms with Gasteiger partial charge in [-0.2, -0.15) is 18.3 Å². The molecular formula is C22H26F4N4O2.